The van der Waals surface area contributed by atoms with Gasteiger partial charge in [-0.1, -0.05) is 71.4 Å². The molecule has 2 aromatic carbocycles. The van der Waals surface area contributed by atoms with Crippen molar-refractivity contribution in [3.63, 3.8) is 0 Å². The zero-order valence-corrected chi connectivity index (χ0v) is 12.7. The molecule has 0 aliphatic heterocycles. The molecule has 1 heterocycles. The molecule has 0 unspecified atom stereocenters. The van der Waals surface area contributed by atoms with Crippen LogP contribution in [0.1, 0.15) is 5.56 Å². The molecule has 0 atom stereocenters. The van der Waals surface area contributed by atoms with Crippen molar-refractivity contribution < 1.29 is 0 Å². The summed E-state index contributed by atoms with van der Waals surface area (Å²) in [4.78, 5) is 0. The minimum absolute atomic E-state index is 0.441. The minimum Gasteiger partial charge on any atom is -0.142 e. The van der Waals surface area contributed by atoms with Crippen molar-refractivity contribution >= 4 is 45.7 Å². The first-order valence-electron chi connectivity index (χ1n) is 6.02. The van der Waals surface area contributed by atoms with E-state index in [-0.39, 0.29) is 0 Å². The highest BCUT2D eigenvalue weighted by atomic mass is 35.5. The van der Waals surface area contributed by atoms with E-state index in [9.17, 15) is 0 Å². The van der Waals surface area contributed by atoms with Crippen molar-refractivity contribution in [3.8, 4) is 0 Å². The largest absolute Gasteiger partial charge is 0.159 e. The first kappa shape index (κ1) is 13.7. The van der Waals surface area contributed by atoms with Gasteiger partial charge in [-0.25, -0.2) is 0 Å². The van der Waals surface area contributed by atoms with E-state index < -0.39 is 0 Å². The van der Waals surface area contributed by atoms with Crippen molar-refractivity contribution in [1.29, 1.82) is 0 Å². The second-order valence-corrected chi connectivity index (χ2v) is 6.02. The molecule has 3 rings (SSSR count). The third kappa shape index (κ3) is 2.90. The molecule has 5 heteroatoms. The maximum Gasteiger partial charge on any atom is 0.159 e. The topological polar surface area (TPSA) is 25.8 Å². The maximum absolute atomic E-state index is 6.07. The monoisotopic (exact) mass is 320 g/mol. The number of hydrogen-bond acceptors (Lipinski definition) is 3. The van der Waals surface area contributed by atoms with E-state index >= 15 is 0 Å². The van der Waals surface area contributed by atoms with E-state index in [4.69, 9.17) is 23.2 Å². The Morgan fingerprint density at radius 3 is 2.30 bits per heavy atom. The average molecular weight is 321 g/mol. The second-order valence-electron chi connectivity index (χ2n) is 4.26. The van der Waals surface area contributed by atoms with Crippen LogP contribution in [0, 0.1) is 0 Å². The van der Waals surface area contributed by atoms with Gasteiger partial charge in [0.05, 0.1) is 0 Å². The lowest BCUT2D eigenvalue weighted by Crippen LogP contribution is -1.90. The van der Waals surface area contributed by atoms with Gasteiger partial charge in [0, 0.05) is 21.5 Å². The summed E-state index contributed by atoms with van der Waals surface area (Å²) in [6.07, 6.45) is 0. The van der Waals surface area contributed by atoms with Crippen LogP contribution in [0.15, 0.2) is 53.6 Å². The van der Waals surface area contributed by atoms with Gasteiger partial charge in [0.1, 0.15) is 5.03 Å². The smallest absolute Gasteiger partial charge is 0.142 e. The number of halogens is 2. The number of rotatable bonds is 3. The van der Waals surface area contributed by atoms with E-state index in [0.29, 0.717) is 5.15 Å². The molecule has 0 bridgehead atoms. The summed E-state index contributed by atoms with van der Waals surface area (Å²) in [6, 6.07) is 15.7. The number of benzene rings is 2. The van der Waals surface area contributed by atoms with Gasteiger partial charge >= 0.3 is 0 Å². The van der Waals surface area contributed by atoms with Crippen LogP contribution in [0.25, 0.3) is 10.8 Å². The van der Waals surface area contributed by atoms with Crippen LogP contribution in [0.2, 0.25) is 10.2 Å². The van der Waals surface area contributed by atoms with Gasteiger partial charge in [-0.05, 0) is 17.7 Å². The molecule has 0 spiro atoms. The van der Waals surface area contributed by atoms with Crippen LogP contribution in [0.4, 0.5) is 0 Å². The van der Waals surface area contributed by atoms with Crippen LogP contribution in [-0.4, -0.2) is 10.2 Å². The first-order valence-corrected chi connectivity index (χ1v) is 7.76. The van der Waals surface area contributed by atoms with Crippen LogP contribution in [0.5, 0.6) is 0 Å². The number of nitrogens with zero attached hydrogens (tertiary/aromatic N) is 2. The Morgan fingerprint density at radius 2 is 1.55 bits per heavy atom. The van der Waals surface area contributed by atoms with E-state index in [2.05, 4.69) is 10.2 Å². The van der Waals surface area contributed by atoms with Crippen LogP contribution >= 0.6 is 35.0 Å². The molecule has 0 N–H and O–H groups in total. The molecule has 0 fully saturated rings. The molecule has 20 heavy (non-hydrogen) atoms. The molecular formula is C15H10Cl2N2S. The Kier molecular flexibility index (Phi) is 4.10. The second kappa shape index (κ2) is 6.00. The fourth-order valence-corrected chi connectivity index (χ4v) is 3.14. The fourth-order valence-electron chi connectivity index (χ4n) is 1.89. The normalized spacial score (nSPS) is 10.9. The number of thioether (sulfide) groups is 1. The molecule has 2 nitrogen and oxygen atoms in total. The molecule has 0 radical (unpaired) electrons. The Balaban J connectivity index is 1.88. The molecule has 100 valence electrons. The Morgan fingerprint density at radius 1 is 0.850 bits per heavy atom. The van der Waals surface area contributed by atoms with Gasteiger partial charge in [-0.2, -0.15) is 0 Å². The van der Waals surface area contributed by atoms with Crippen LogP contribution < -0.4 is 0 Å². The third-order valence-electron chi connectivity index (χ3n) is 2.90. The highest BCUT2D eigenvalue weighted by Crippen LogP contribution is 2.30. The van der Waals surface area contributed by atoms with Crippen molar-refractivity contribution in [2.45, 2.75) is 10.8 Å². The van der Waals surface area contributed by atoms with E-state index in [1.165, 1.54) is 5.56 Å². The molecule has 3 aromatic rings. The first-order chi connectivity index (χ1) is 9.74. The predicted octanol–water partition coefficient (Wildman–Crippen LogP) is 5.23. The zero-order chi connectivity index (χ0) is 13.9. The standard InChI is InChI=1S/C15H10Cl2N2S/c16-11-7-5-10(6-8-11)9-20-15-13-4-2-1-3-12(13)14(17)18-19-15/h1-8H,9H2. The Bertz CT molecular complexity index is 744. The fraction of sp³-hybridized carbons (Fsp3) is 0.0667. The van der Waals surface area contributed by atoms with Gasteiger partial charge < -0.3 is 0 Å². The highest BCUT2D eigenvalue weighted by Gasteiger charge is 2.08. The predicted molar refractivity (Wildman–Crippen MR) is 85.6 cm³/mol. The number of fused-ring (bicyclic) bond motifs is 1. The molecule has 0 saturated carbocycles. The summed E-state index contributed by atoms with van der Waals surface area (Å²) in [5.74, 6) is 0.817. The lowest BCUT2D eigenvalue weighted by atomic mass is 10.2. The van der Waals surface area contributed by atoms with Gasteiger partial charge in [-0.3, -0.25) is 0 Å². The van der Waals surface area contributed by atoms with Gasteiger partial charge in [0.25, 0.3) is 0 Å². The lowest BCUT2D eigenvalue weighted by molar-refractivity contribution is 0.956. The Labute approximate surface area is 131 Å². The minimum atomic E-state index is 0.441. The van der Waals surface area contributed by atoms with Crippen molar-refractivity contribution in [1.82, 2.24) is 10.2 Å². The summed E-state index contributed by atoms with van der Waals surface area (Å²) in [6.45, 7) is 0. The van der Waals surface area contributed by atoms with Crippen LogP contribution in [-0.2, 0) is 5.75 Å². The molecule has 0 amide bonds. The summed E-state index contributed by atoms with van der Waals surface area (Å²) in [5.41, 5.74) is 1.19. The highest BCUT2D eigenvalue weighted by molar-refractivity contribution is 7.98. The van der Waals surface area contributed by atoms with Crippen molar-refractivity contribution in [3.05, 3.63) is 64.3 Å². The lowest BCUT2D eigenvalue weighted by Gasteiger charge is -2.05. The quantitative estimate of drug-likeness (QED) is 0.618. The van der Waals surface area contributed by atoms with Crippen molar-refractivity contribution in [2.24, 2.45) is 0 Å². The van der Waals surface area contributed by atoms with E-state index in [0.717, 1.165) is 26.6 Å². The molecule has 0 aliphatic rings. The Hall–Kier alpha value is -1.29. The number of aromatic nitrogens is 2. The third-order valence-corrected chi connectivity index (χ3v) is 4.48. The zero-order valence-electron chi connectivity index (χ0n) is 10.4. The molecule has 0 aliphatic carbocycles. The summed E-state index contributed by atoms with van der Waals surface area (Å²) in [7, 11) is 0. The van der Waals surface area contributed by atoms with Crippen molar-refractivity contribution in [2.75, 3.05) is 0 Å². The molecule has 1 aromatic heterocycles. The van der Waals surface area contributed by atoms with E-state index in [1.54, 1.807) is 11.8 Å². The summed E-state index contributed by atoms with van der Waals surface area (Å²) in [5, 5.41) is 12.2. The molecule has 0 saturated heterocycles. The average Bonchev–Trinajstić information content (AvgIpc) is 2.49. The summed E-state index contributed by atoms with van der Waals surface area (Å²) >= 11 is 13.6. The van der Waals surface area contributed by atoms with Gasteiger partial charge in [-0.15, -0.1) is 10.2 Å². The summed E-state index contributed by atoms with van der Waals surface area (Å²) < 4.78 is 0. The maximum atomic E-state index is 6.07. The van der Waals surface area contributed by atoms with Gasteiger partial charge in [0.15, 0.2) is 5.15 Å². The number of hydrogen-bond donors (Lipinski definition) is 0. The van der Waals surface area contributed by atoms with E-state index in [1.807, 2.05) is 48.5 Å². The molecular weight excluding hydrogens is 311 g/mol. The van der Waals surface area contributed by atoms with Crippen LogP contribution in [0.3, 0.4) is 0 Å². The van der Waals surface area contributed by atoms with Gasteiger partial charge in [0.2, 0.25) is 0 Å². The SMILES string of the molecule is Clc1ccc(CSc2nnc(Cl)c3ccccc23)cc1.